The number of fused-ring (bicyclic) bond motifs is 2. The van der Waals surface area contributed by atoms with Gasteiger partial charge in [0.2, 0.25) is 0 Å². The van der Waals surface area contributed by atoms with Crippen LogP contribution in [0.3, 0.4) is 0 Å². The van der Waals surface area contributed by atoms with Gasteiger partial charge in [0.15, 0.2) is 0 Å². The molecule has 2 unspecified atom stereocenters. The van der Waals surface area contributed by atoms with Crippen molar-refractivity contribution in [2.45, 2.75) is 63.1 Å². The van der Waals surface area contributed by atoms with Crippen molar-refractivity contribution in [3.05, 3.63) is 0 Å². The van der Waals surface area contributed by atoms with Crippen molar-refractivity contribution in [2.24, 2.45) is 5.73 Å². The van der Waals surface area contributed by atoms with E-state index < -0.39 is 0 Å². The zero-order valence-corrected chi connectivity index (χ0v) is 9.86. The van der Waals surface area contributed by atoms with E-state index in [1.165, 1.54) is 12.8 Å². The molecule has 16 heavy (non-hydrogen) atoms. The number of aliphatic hydroxyl groups excluding tert-OH is 1. The fraction of sp³-hybridized carbons (Fsp3) is 0.917. The highest BCUT2D eigenvalue weighted by atomic mass is 16.3. The first-order chi connectivity index (χ1) is 7.66. The Labute approximate surface area is 97.3 Å². The molecular weight excluding hydrogens is 202 g/mol. The Morgan fingerprint density at radius 3 is 2.44 bits per heavy atom. The van der Waals surface area contributed by atoms with Gasteiger partial charge in [0.05, 0.1) is 11.9 Å². The molecule has 2 atom stereocenters. The van der Waals surface area contributed by atoms with Crippen LogP contribution in [0.2, 0.25) is 0 Å². The number of amidine groups is 1. The van der Waals surface area contributed by atoms with Crippen molar-refractivity contribution in [1.29, 1.82) is 5.41 Å². The molecule has 0 aromatic carbocycles. The van der Waals surface area contributed by atoms with E-state index in [0.717, 1.165) is 38.6 Å². The third kappa shape index (κ3) is 2.74. The minimum atomic E-state index is -0.0639. The number of hydrogen-bond acceptors (Lipinski definition) is 3. The molecule has 0 aliphatic carbocycles. The number of unbranched alkanes of at least 4 members (excludes halogenated alkanes) is 1. The molecule has 0 amide bonds. The molecule has 2 saturated heterocycles. The van der Waals surface area contributed by atoms with Crippen LogP contribution in [0.1, 0.15) is 44.9 Å². The van der Waals surface area contributed by atoms with Gasteiger partial charge in [-0.25, -0.2) is 0 Å². The molecule has 4 N–H and O–H groups in total. The molecule has 92 valence electrons. The Morgan fingerprint density at radius 2 is 1.88 bits per heavy atom. The van der Waals surface area contributed by atoms with Crippen molar-refractivity contribution in [3.63, 3.8) is 0 Å². The first-order valence-corrected chi connectivity index (χ1v) is 6.43. The summed E-state index contributed by atoms with van der Waals surface area (Å²) in [7, 11) is 0. The average molecular weight is 225 g/mol. The maximum atomic E-state index is 9.68. The van der Waals surface area contributed by atoms with Crippen LogP contribution < -0.4 is 5.73 Å². The molecule has 4 heteroatoms. The lowest BCUT2D eigenvalue weighted by molar-refractivity contribution is 0.0348. The van der Waals surface area contributed by atoms with Gasteiger partial charge in [-0.05, 0) is 45.1 Å². The highest BCUT2D eigenvalue weighted by molar-refractivity contribution is 5.76. The van der Waals surface area contributed by atoms with Gasteiger partial charge in [-0.3, -0.25) is 10.3 Å². The van der Waals surface area contributed by atoms with E-state index in [2.05, 4.69) is 4.90 Å². The molecule has 0 saturated carbocycles. The summed E-state index contributed by atoms with van der Waals surface area (Å²) in [6, 6.07) is 1.23. The Balaban J connectivity index is 1.72. The van der Waals surface area contributed by atoms with E-state index in [9.17, 15) is 5.11 Å². The lowest BCUT2D eigenvalue weighted by Crippen LogP contribution is -2.45. The van der Waals surface area contributed by atoms with Crippen LogP contribution in [-0.4, -0.2) is 40.6 Å². The molecule has 2 aliphatic heterocycles. The standard InChI is InChI=1S/C12H23N3O/c13-12(14)3-1-2-6-15-9-4-5-10(15)8-11(16)7-9/h9-11,16H,1-8H2,(H3,13,14). The van der Waals surface area contributed by atoms with Crippen LogP contribution in [0.15, 0.2) is 0 Å². The molecule has 0 aromatic heterocycles. The molecule has 2 rings (SSSR count). The van der Waals surface area contributed by atoms with Crippen molar-refractivity contribution in [2.75, 3.05) is 6.54 Å². The van der Waals surface area contributed by atoms with E-state index in [1.54, 1.807) is 0 Å². The zero-order chi connectivity index (χ0) is 11.5. The second-order valence-corrected chi connectivity index (χ2v) is 5.23. The second-order valence-electron chi connectivity index (χ2n) is 5.23. The largest absolute Gasteiger partial charge is 0.393 e. The highest BCUT2D eigenvalue weighted by Crippen LogP contribution is 2.35. The minimum absolute atomic E-state index is 0.0639. The van der Waals surface area contributed by atoms with Gasteiger partial charge in [0.25, 0.3) is 0 Å². The van der Waals surface area contributed by atoms with Gasteiger partial charge < -0.3 is 10.8 Å². The van der Waals surface area contributed by atoms with E-state index in [1.807, 2.05) is 0 Å². The zero-order valence-electron chi connectivity index (χ0n) is 9.86. The molecule has 4 nitrogen and oxygen atoms in total. The van der Waals surface area contributed by atoms with Crippen molar-refractivity contribution < 1.29 is 5.11 Å². The summed E-state index contributed by atoms with van der Waals surface area (Å²) in [5.74, 6) is 0.303. The molecule has 0 radical (unpaired) electrons. The summed E-state index contributed by atoms with van der Waals surface area (Å²) in [4.78, 5) is 2.58. The van der Waals surface area contributed by atoms with Crippen LogP contribution in [0.25, 0.3) is 0 Å². The summed E-state index contributed by atoms with van der Waals surface area (Å²) in [6.45, 7) is 1.12. The third-order valence-corrected chi connectivity index (χ3v) is 3.97. The number of aliphatic hydroxyl groups is 1. The highest BCUT2D eigenvalue weighted by Gasteiger charge is 2.39. The predicted molar refractivity (Wildman–Crippen MR) is 64.5 cm³/mol. The van der Waals surface area contributed by atoms with Gasteiger partial charge in [0, 0.05) is 18.5 Å². The average Bonchev–Trinajstić information content (AvgIpc) is 2.45. The SMILES string of the molecule is N=C(N)CCCCN1C2CCC1CC(O)C2. The van der Waals surface area contributed by atoms with Crippen LogP contribution in [0.5, 0.6) is 0 Å². The monoisotopic (exact) mass is 225 g/mol. The van der Waals surface area contributed by atoms with Crippen LogP contribution >= 0.6 is 0 Å². The molecule has 0 aromatic rings. The first-order valence-electron chi connectivity index (χ1n) is 6.43. The molecule has 2 heterocycles. The lowest BCUT2D eigenvalue weighted by atomic mass is 9.99. The Hall–Kier alpha value is -0.610. The van der Waals surface area contributed by atoms with Crippen LogP contribution in [-0.2, 0) is 0 Å². The normalized spacial score (nSPS) is 34.2. The number of nitrogens with one attached hydrogen (secondary N) is 1. The fourth-order valence-corrected chi connectivity index (χ4v) is 3.22. The summed E-state index contributed by atoms with van der Waals surface area (Å²) in [5, 5.41) is 16.8. The summed E-state index contributed by atoms with van der Waals surface area (Å²) >= 11 is 0. The maximum Gasteiger partial charge on any atom is 0.0905 e. The van der Waals surface area contributed by atoms with Crippen molar-refractivity contribution in [1.82, 2.24) is 4.90 Å². The van der Waals surface area contributed by atoms with Crippen molar-refractivity contribution in [3.8, 4) is 0 Å². The molecule has 2 aliphatic rings. The number of piperidine rings is 1. The maximum absolute atomic E-state index is 9.68. The topological polar surface area (TPSA) is 73.3 Å². The van der Waals surface area contributed by atoms with E-state index in [-0.39, 0.29) is 6.10 Å². The van der Waals surface area contributed by atoms with Gasteiger partial charge in [-0.15, -0.1) is 0 Å². The first kappa shape index (κ1) is 11.9. The quantitative estimate of drug-likeness (QED) is 0.372. The van der Waals surface area contributed by atoms with E-state index >= 15 is 0 Å². The molecule has 2 fully saturated rings. The van der Waals surface area contributed by atoms with Crippen LogP contribution in [0.4, 0.5) is 0 Å². The summed E-state index contributed by atoms with van der Waals surface area (Å²) in [5.41, 5.74) is 5.33. The predicted octanol–water partition coefficient (Wildman–Crippen LogP) is 1.08. The summed E-state index contributed by atoms with van der Waals surface area (Å²) in [6.07, 6.45) is 7.25. The number of nitrogens with zero attached hydrogens (tertiary/aromatic N) is 1. The number of hydrogen-bond donors (Lipinski definition) is 3. The van der Waals surface area contributed by atoms with Gasteiger partial charge in [-0.2, -0.15) is 0 Å². The number of nitrogens with two attached hydrogens (primary N) is 1. The Bertz CT molecular complexity index is 243. The van der Waals surface area contributed by atoms with Gasteiger partial charge in [0.1, 0.15) is 0 Å². The van der Waals surface area contributed by atoms with Crippen molar-refractivity contribution >= 4 is 5.84 Å². The molecular formula is C12H23N3O. The Morgan fingerprint density at radius 1 is 1.25 bits per heavy atom. The lowest BCUT2D eigenvalue weighted by Gasteiger charge is -2.37. The van der Waals surface area contributed by atoms with E-state index in [4.69, 9.17) is 11.1 Å². The van der Waals surface area contributed by atoms with Crippen LogP contribution in [0, 0.1) is 5.41 Å². The molecule has 2 bridgehead atoms. The Kier molecular flexibility index (Phi) is 3.82. The van der Waals surface area contributed by atoms with E-state index in [0.29, 0.717) is 17.9 Å². The minimum Gasteiger partial charge on any atom is -0.393 e. The molecule has 0 spiro atoms. The van der Waals surface area contributed by atoms with Gasteiger partial charge in [-0.1, -0.05) is 0 Å². The number of rotatable bonds is 5. The third-order valence-electron chi connectivity index (χ3n) is 3.97. The van der Waals surface area contributed by atoms with Gasteiger partial charge >= 0.3 is 0 Å². The smallest absolute Gasteiger partial charge is 0.0905 e. The summed E-state index contributed by atoms with van der Waals surface area (Å²) < 4.78 is 0. The second kappa shape index (κ2) is 5.15. The fourth-order valence-electron chi connectivity index (χ4n) is 3.22.